The Morgan fingerprint density at radius 1 is 0.787 bits per heavy atom. The van der Waals surface area contributed by atoms with E-state index in [2.05, 4.69) is 112 Å². The smallest absolute Gasteiger partial charge is 0.212 e. The van der Waals surface area contributed by atoms with Crippen molar-refractivity contribution in [3.8, 4) is 0 Å². The summed E-state index contributed by atoms with van der Waals surface area (Å²) in [4.78, 5) is 13.9. The topological polar surface area (TPSA) is 119 Å². The molecule has 1 saturated heterocycles. The quantitative estimate of drug-likeness (QED) is 0.200. The maximum atomic E-state index is 7.40. The van der Waals surface area contributed by atoms with Gasteiger partial charge in [0.05, 0.1) is 6.61 Å². The number of rotatable bonds is 10. The third-order valence-corrected chi connectivity index (χ3v) is 24.4. The molecule has 1 fully saturated rings. The summed E-state index contributed by atoms with van der Waals surface area (Å²) in [5, 5.41) is 3.47. The van der Waals surface area contributed by atoms with Crippen LogP contribution in [-0.2, 0) is 18.0 Å². The van der Waals surface area contributed by atoms with E-state index in [1.165, 1.54) is 6.33 Å². The number of nitrogens with one attached hydrogen (secondary N) is 1. The Bertz CT molecular complexity index is 1530. The molecule has 0 saturated carbocycles. The third-order valence-electron chi connectivity index (χ3n) is 11.0. The lowest BCUT2D eigenvalue weighted by Gasteiger charge is -2.44. The van der Waals surface area contributed by atoms with E-state index in [9.17, 15) is 0 Å². The molecule has 0 amide bonds. The molecule has 47 heavy (non-hydrogen) atoms. The molecule has 2 aromatic heterocycles. The summed E-state index contributed by atoms with van der Waals surface area (Å²) in [7, 11) is -6.80. The van der Waals surface area contributed by atoms with Crippen molar-refractivity contribution in [2.75, 3.05) is 17.7 Å². The summed E-state index contributed by atoms with van der Waals surface area (Å²) < 4.78 is 30.8. The zero-order valence-corrected chi connectivity index (χ0v) is 34.5. The lowest BCUT2D eigenvalue weighted by molar-refractivity contribution is -0.0460. The van der Waals surface area contributed by atoms with Gasteiger partial charge in [0.15, 0.2) is 48.2 Å². The fourth-order valence-corrected chi connectivity index (χ4v) is 8.38. The Morgan fingerprint density at radius 2 is 1.32 bits per heavy atom. The summed E-state index contributed by atoms with van der Waals surface area (Å²) >= 11 is 0. The molecule has 13 heteroatoms. The summed E-state index contributed by atoms with van der Waals surface area (Å²) in [6.45, 7) is 34.4. The zero-order valence-electron chi connectivity index (χ0n) is 31.5. The highest BCUT2D eigenvalue weighted by Crippen LogP contribution is 2.48. The normalized spacial score (nSPS) is 21.9. The maximum Gasteiger partial charge on any atom is 0.212 e. The highest BCUT2D eigenvalue weighted by molar-refractivity contribution is 6.75. The summed E-state index contributed by atoms with van der Waals surface area (Å²) in [5.41, 5.74) is 8.34. The molecule has 0 unspecified atom stereocenters. The Balaban J connectivity index is 1.93. The van der Waals surface area contributed by atoms with Crippen molar-refractivity contribution in [1.29, 1.82) is 0 Å². The molecule has 4 atom stereocenters. The molecule has 4 rings (SSSR count). The summed E-state index contributed by atoms with van der Waals surface area (Å²) in [6.07, 6.45) is -0.400. The minimum Gasteiger partial charge on any atom is -0.414 e. The minimum atomic E-state index is -2.36. The van der Waals surface area contributed by atoms with Gasteiger partial charge < -0.3 is 29.1 Å². The van der Waals surface area contributed by atoms with Gasteiger partial charge in [0.2, 0.25) is 5.95 Å². The van der Waals surface area contributed by atoms with E-state index in [0.29, 0.717) is 29.5 Å². The number of anilines is 3. The minimum absolute atomic E-state index is 0.0269. The number of nitrogens with zero attached hydrogens (tertiary/aromatic N) is 4. The maximum absolute atomic E-state index is 7.40. The van der Waals surface area contributed by atoms with E-state index in [0.717, 1.165) is 5.69 Å². The highest BCUT2D eigenvalue weighted by atomic mass is 28.4. The third kappa shape index (κ3) is 7.86. The predicted molar refractivity (Wildman–Crippen MR) is 201 cm³/mol. The second-order valence-electron chi connectivity index (χ2n) is 17.5. The van der Waals surface area contributed by atoms with Gasteiger partial charge in [-0.05, 0) is 66.5 Å². The largest absolute Gasteiger partial charge is 0.414 e. The average Bonchev–Trinajstić information content (AvgIpc) is 3.43. The van der Waals surface area contributed by atoms with Gasteiger partial charge in [-0.1, -0.05) is 80.5 Å². The molecule has 0 bridgehead atoms. The van der Waals surface area contributed by atoms with Crippen LogP contribution in [0.4, 0.5) is 17.5 Å². The van der Waals surface area contributed by atoms with Crippen LogP contribution >= 0.6 is 0 Å². The van der Waals surface area contributed by atoms with E-state index in [1.807, 2.05) is 34.9 Å². The van der Waals surface area contributed by atoms with Crippen molar-refractivity contribution in [1.82, 2.24) is 19.5 Å². The Hall–Kier alpha value is -2.14. The van der Waals surface area contributed by atoms with Gasteiger partial charge in [-0.3, -0.25) is 4.57 Å². The van der Waals surface area contributed by atoms with Crippen LogP contribution in [-0.4, -0.2) is 69.4 Å². The SMILES string of the molecule is CC(C)(C)[Si](C)(C)OC[C@H]1O[C@@H](n2c(Nc3ccccc3)nc3c(N)ncnc32)[C@H](O[Si](C)(C)C(C)(C)C)[C@@H]1O[Si](C)(C)C(C)(C)C. The average molecular weight is 701 g/mol. The van der Waals surface area contributed by atoms with Gasteiger partial charge in [-0.15, -0.1) is 0 Å². The lowest BCUT2D eigenvalue weighted by Crippen LogP contribution is -2.54. The van der Waals surface area contributed by atoms with E-state index in [-0.39, 0.29) is 27.3 Å². The number of nitrogens with two attached hydrogens (primary N) is 1. The Morgan fingerprint density at radius 3 is 1.85 bits per heavy atom. The van der Waals surface area contributed by atoms with Crippen LogP contribution in [0.25, 0.3) is 11.2 Å². The second-order valence-corrected chi connectivity index (χ2v) is 31.9. The van der Waals surface area contributed by atoms with Crippen LogP contribution in [0.15, 0.2) is 36.7 Å². The molecule has 3 N–H and O–H groups in total. The molecule has 10 nitrogen and oxygen atoms in total. The number of fused-ring (bicyclic) bond motifs is 1. The number of aromatic nitrogens is 4. The van der Waals surface area contributed by atoms with Crippen LogP contribution in [0.3, 0.4) is 0 Å². The van der Waals surface area contributed by atoms with Crippen molar-refractivity contribution >= 4 is 53.6 Å². The second kappa shape index (κ2) is 13.0. The van der Waals surface area contributed by atoms with E-state index >= 15 is 0 Å². The van der Waals surface area contributed by atoms with Crippen LogP contribution in [0, 0.1) is 0 Å². The van der Waals surface area contributed by atoms with Crippen molar-refractivity contribution < 1.29 is 18.0 Å². The highest BCUT2D eigenvalue weighted by Gasteiger charge is 2.55. The molecule has 0 aliphatic carbocycles. The van der Waals surface area contributed by atoms with Crippen LogP contribution < -0.4 is 11.1 Å². The fourth-order valence-electron chi connectivity index (χ4n) is 4.76. The molecule has 3 aromatic rings. The number of imidazole rings is 1. The molecule has 3 heterocycles. The van der Waals surface area contributed by atoms with Crippen LogP contribution in [0.5, 0.6) is 0 Å². The molecule has 0 spiro atoms. The fraction of sp³-hybridized carbons (Fsp3) is 0.676. The van der Waals surface area contributed by atoms with E-state index in [1.54, 1.807) is 0 Å². The summed E-state index contributed by atoms with van der Waals surface area (Å²) in [5.74, 6) is 0.848. The van der Waals surface area contributed by atoms with E-state index in [4.69, 9.17) is 33.7 Å². The number of hydrogen-bond donors (Lipinski definition) is 2. The Labute approximate surface area is 285 Å². The first kappa shape index (κ1) is 37.7. The molecule has 262 valence electrons. The van der Waals surface area contributed by atoms with Crippen molar-refractivity contribution in [3.63, 3.8) is 0 Å². The number of ether oxygens (including phenoxy) is 1. The molecule has 1 aromatic carbocycles. The standard InChI is InChI=1S/C34H60N6O4Si3/c1-32(2,3)45(10,11)41-21-24-26(43-46(12,13)33(4,5)6)27(44-47(14,15)34(7,8)9)30(42-24)40-29-25(28(35)36-22-37-29)39-31(40)38-23-19-17-16-18-20-23/h16-20,22,24,26-27,30H,21H2,1-15H3,(H,38,39)(H2,35,36,37)/t24-,26-,27-,30-/m1/s1. The number of benzene rings is 1. The van der Waals surface area contributed by atoms with Crippen LogP contribution in [0.1, 0.15) is 68.5 Å². The van der Waals surface area contributed by atoms with Gasteiger partial charge in [-0.2, -0.15) is 0 Å². The predicted octanol–water partition coefficient (Wildman–Crippen LogP) is 8.85. The molecular formula is C34H60N6O4Si3. The van der Waals surface area contributed by atoms with Gasteiger partial charge in [0.1, 0.15) is 24.6 Å². The lowest BCUT2D eigenvalue weighted by atomic mass is 10.1. The molecule has 1 aliphatic rings. The van der Waals surface area contributed by atoms with Gasteiger partial charge >= 0.3 is 0 Å². The first-order valence-corrected chi connectivity index (χ1v) is 25.5. The first-order valence-electron chi connectivity index (χ1n) is 16.8. The molecular weight excluding hydrogens is 641 g/mol. The van der Waals surface area contributed by atoms with Crippen molar-refractivity contribution in [2.45, 2.75) is 141 Å². The first-order chi connectivity index (χ1) is 21.4. The summed E-state index contributed by atoms with van der Waals surface area (Å²) in [6, 6.07) is 9.94. The van der Waals surface area contributed by atoms with Gasteiger partial charge in [0.25, 0.3) is 0 Å². The van der Waals surface area contributed by atoms with Crippen molar-refractivity contribution in [2.24, 2.45) is 0 Å². The van der Waals surface area contributed by atoms with E-state index < -0.39 is 37.3 Å². The number of nitrogen functional groups attached to an aromatic ring is 1. The van der Waals surface area contributed by atoms with Crippen molar-refractivity contribution in [3.05, 3.63) is 36.7 Å². The molecule has 0 radical (unpaired) electrons. The number of para-hydroxylation sites is 1. The van der Waals surface area contributed by atoms with Crippen LogP contribution in [0.2, 0.25) is 54.4 Å². The zero-order chi connectivity index (χ0) is 35.4. The van der Waals surface area contributed by atoms with Gasteiger partial charge in [0, 0.05) is 5.69 Å². The van der Waals surface area contributed by atoms with Gasteiger partial charge in [-0.25, -0.2) is 15.0 Å². The number of hydrogen-bond acceptors (Lipinski definition) is 9. The molecule has 1 aliphatic heterocycles. The Kier molecular flexibility index (Phi) is 10.4. The monoisotopic (exact) mass is 700 g/mol.